The van der Waals surface area contributed by atoms with Crippen molar-refractivity contribution in [2.75, 3.05) is 0 Å². The third-order valence-corrected chi connectivity index (χ3v) is 7.24. The van der Waals surface area contributed by atoms with E-state index in [9.17, 15) is 22.2 Å². The standard InChI is InChI=1S/C25H17ClF3NO3S/c26-15-6-9-19(21(12-15)25(27,28)29)17-2-1-3-20-18(17)10-11-22(20)33-16-7-4-14(5-8-16)23-13-24(31)30-34(23)32/h1-9,12-13,22H,10-11H2,(H,30,31)/t22-,34?/m1/s1. The second-order valence-corrected chi connectivity index (χ2v) is 9.59. The van der Waals surface area contributed by atoms with Gasteiger partial charge in [0.05, 0.1) is 10.5 Å². The van der Waals surface area contributed by atoms with Gasteiger partial charge in [0.1, 0.15) is 11.9 Å². The highest BCUT2D eigenvalue weighted by Gasteiger charge is 2.35. The van der Waals surface area contributed by atoms with Gasteiger partial charge in [0.2, 0.25) is 0 Å². The van der Waals surface area contributed by atoms with Crippen LogP contribution in [0.2, 0.25) is 5.02 Å². The van der Waals surface area contributed by atoms with Gasteiger partial charge in [-0.25, -0.2) is 4.21 Å². The van der Waals surface area contributed by atoms with Crippen LogP contribution in [0.1, 0.15) is 34.8 Å². The largest absolute Gasteiger partial charge is 0.486 e. The van der Waals surface area contributed by atoms with Crippen molar-refractivity contribution in [3.8, 4) is 16.9 Å². The van der Waals surface area contributed by atoms with Crippen LogP contribution < -0.4 is 9.46 Å². The molecule has 0 saturated heterocycles. The van der Waals surface area contributed by atoms with Gasteiger partial charge in [0.25, 0.3) is 5.91 Å². The smallest absolute Gasteiger partial charge is 0.417 e. The predicted molar refractivity (Wildman–Crippen MR) is 124 cm³/mol. The molecule has 34 heavy (non-hydrogen) atoms. The van der Waals surface area contributed by atoms with Gasteiger partial charge in [-0.1, -0.05) is 48.0 Å². The minimum atomic E-state index is -4.53. The summed E-state index contributed by atoms with van der Waals surface area (Å²) in [7, 11) is -1.58. The number of ether oxygens (including phenoxy) is 1. The Morgan fingerprint density at radius 2 is 1.79 bits per heavy atom. The maximum absolute atomic E-state index is 13.7. The second kappa shape index (κ2) is 8.60. The molecule has 5 rings (SSSR count). The van der Waals surface area contributed by atoms with Gasteiger partial charge in [0.15, 0.2) is 11.0 Å². The van der Waals surface area contributed by atoms with Crippen LogP contribution in [0.3, 0.4) is 0 Å². The number of fused-ring (bicyclic) bond motifs is 1. The molecule has 2 aliphatic rings. The number of hydrogen-bond donors (Lipinski definition) is 1. The Balaban J connectivity index is 1.43. The van der Waals surface area contributed by atoms with E-state index in [1.54, 1.807) is 36.4 Å². The summed E-state index contributed by atoms with van der Waals surface area (Å²) in [6, 6.07) is 16.0. The first-order valence-corrected chi connectivity index (χ1v) is 11.9. The molecule has 3 aromatic carbocycles. The van der Waals surface area contributed by atoms with Crippen LogP contribution in [-0.2, 0) is 28.4 Å². The van der Waals surface area contributed by atoms with Gasteiger partial charge in [-0.05, 0) is 64.9 Å². The van der Waals surface area contributed by atoms with E-state index < -0.39 is 28.6 Å². The molecule has 9 heteroatoms. The molecule has 1 N–H and O–H groups in total. The number of amides is 1. The molecule has 0 saturated carbocycles. The molecule has 0 bridgehead atoms. The molecule has 1 heterocycles. The van der Waals surface area contributed by atoms with Crippen LogP contribution in [0.25, 0.3) is 16.0 Å². The van der Waals surface area contributed by atoms with Gasteiger partial charge in [-0.2, -0.15) is 13.2 Å². The van der Waals surface area contributed by atoms with Crippen molar-refractivity contribution in [1.82, 2.24) is 4.72 Å². The Kier molecular flexibility index (Phi) is 5.73. The van der Waals surface area contributed by atoms with Gasteiger partial charge >= 0.3 is 6.18 Å². The summed E-state index contributed by atoms with van der Waals surface area (Å²) in [6.45, 7) is 0. The summed E-state index contributed by atoms with van der Waals surface area (Å²) in [5, 5.41) is 0.0330. The van der Waals surface area contributed by atoms with Crippen molar-refractivity contribution in [1.29, 1.82) is 0 Å². The molecule has 3 aromatic rings. The van der Waals surface area contributed by atoms with Crippen LogP contribution in [0.15, 0.2) is 66.7 Å². The Morgan fingerprint density at radius 3 is 2.47 bits per heavy atom. The van der Waals surface area contributed by atoms with Gasteiger partial charge in [-0.15, -0.1) is 0 Å². The molecule has 174 valence electrons. The molecular formula is C25H17ClF3NO3S. The van der Waals surface area contributed by atoms with Crippen LogP contribution >= 0.6 is 11.6 Å². The molecule has 0 spiro atoms. The predicted octanol–water partition coefficient (Wildman–Crippen LogP) is 6.23. The zero-order chi connectivity index (χ0) is 24.0. The quantitative estimate of drug-likeness (QED) is 0.459. The highest BCUT2D eigenvalue weighted by molar-refractivity contribution is 7.93. The molecule has 0 radical (unpaired) electrons. The molecule has 1 amide bonds. The summed E-state index contributed by atoms with van der Waals surface area (Å²) in [4.78, 5) is 11.8. The summed E-state index contributed by atoms with van der Waals surface area (Å²) < 4.78 is 61.5. The average molecular weight is 504 g/mol. The molecule has 1 aliphatic carbocycles. The molecular weight excluding hydrogens is 487 g/mol. The summed E-state index contributed by atoms with van der Waals surface area (Å²) in [5.74, 6) is 0.166. The van der Waals surface area contributed by atoms with Crippen molar-refractivity contribution >= 4 is 33.4 Å². The van der Waals surface area contributed by atoms with Crippen LogP contribution in [0.5, 0.6) is 5.75 Å². The number of carbonyl (C=O) groups is 1. The van der Waals surface area contributed by atoms with Gasteiger partial charge in [0, 0.05) is 11.1 Å². The topological polar surface area (TPSA) is 55.4 Å². The zero-order valence-corrected chi connectivity index (χ0v) is 19.1. The Labute approximate surface area is 201 Å². The molecule has 0 fully saturated rings. The number of carbonyl (C=O) groups excluding carboxylic acids is 1. The lowest BCUT2D eigenvalue weighted by Crippen LogP contribution is -2.16. The number of benzene rings is 3. The highest BCUT2D eigenvalue weighted by Crippen LogP contribution is 2.44. The molecule has 0 aromatic heterocycles. The SMILES string of the molecule is O=C1C=C(c2ccc(O[C@@H]3CCc4c(-c5ccc(Cl)cc5C(F)(F)F)cccc43)cc2)S(=O)N1. The highest BCUT2D eigenvalue weighted by atomic mass is 35.5. The number of nitrogens with one attached hydrogen (secondary N) is 1. The summed E-state index contributed by atoms with van der Waals surface area (Å²) in [5.41, 5.74) is 2.17. The normalized spacial score (nSPS) is 19.5. The maximum Gasteiger partial charge on any atom is 0.417 e. The minimum absolute atomic E-state index is 0.0330. The molecule has 2 atom stereocenters. The first kappa shape index (κ1) is 22.7. The fraction of sp³-hybridized carbons (Fsp3) is 0.160. The second-order valence-electron chi connectivity index (χ2n) is 7.97. The average Bonchev–Trinajstić information content (AvgIpc) is 3.36. The van der Waals surface area contributed by atoms with E-state index >= 15 is 0 Å². The van der Waals surface area contributed by atoms with E-state index in [-0.39, 0.29) is 16.7 Å². The Morgan fingerprint density at radius 1 is 1.03 bits per heavy atom. The van der Waals surface area contributed by atoms with Crippen molar-refractivity contribution in [2.45, 2.75) is 25.1 Å². The number of rotatable bonds is 4. The Bertz CT molecular complexity index is 1350. The van der Waals surface area contributed by atoms with E-state index in [0.717, 1.165) is 17.2 Å². The van der Waals surface area contributed by atoms with Crippen molar-refractivity contribution in [3.63, 3.8) is 0 Å². The van der Waals surface area contributed by atoms with Gasteiger partial charge in [-0.3, -0.25) is 9.52 Å². The van der Waals surface area contributed by atoms with Crippen molar-refractivity contribution in [3.05, 3.63) is 94.0 Å². The molecule has 1 aliphatic heterocycles. The number of alkyl halides is 3. The van der Waals surface area contributed by atoms with E-state index in [4.69, 9.17) is 16.3 Å². The molecule has 4 nitrogen and oxygen atoms in total. The third-order valence-electron chi connectivity index (χ3n) is 5.87. The fourth-order valence-electron chi connectivity index (χ4n) is 4.38. The van der Waals surface area contributed by atoms with Crippen LogP contribution in [0, 0.1) is 0 Å². The summed E-state index contributed by atoms with van der Waals surface area (Å²) in [6.07, 6.45) is -2.35. The van der Waals surface area contributed by atoms with E-state index in [2.05, 4.69) is 4.72 Å². The minimum Gasteiger partial charge on any atom is -0.486 e. The zero-order valence-electron chi connectivity index (χ0n) is 17.5. The van der Waals surface area contributed by atoms with Gasteiger partial charge < -0.3 is 4.74 Å². The van der Waals surface area contributed by atoms with Crippen LogP contribution in [0.4, 0.5) is 13.2 Å². The van der Waals surface area contributed by atoms with Crippen LogP contribution in [-0.4, -0.2) is 10.1 Å². The number of halogens is 4. The monoisotopic (exact) mass is 503 g/mol. The van der Waals surface area contributed by atoms with E-state index in [1.165, 1.54) is 18.2 Å². The summed E-state index contributed by atoms with van der Waals surface area (Å²) >= 11 is 5.85. The maximum atomic E-state index is 13.7. The molecule has 1 unspecified atom stereocenters. The van der Waals surface area contributed by atoms with Crippen molar-refractivity contribution in [2.24, 2.45) is 0 Å². The third kappa shape index (κ3) is 4.23. The number of hydrogen-bond acceptors (Lipinski definition) is 3. The van der Waals surface area contributed by atoms with E-state index in [1.807, 2.05) is 6.07 Å². The fourth-order valence-corrected chi connectivity index (χ4v) is 5.47. The lowest BCUT2D eigenvalue weighted by Gasteiger charge is -2.18. The van der Waals surface area contributed by atoms with E-state index in [0.29, 0.717) is 34.6 Å². The lowest BCUT2D eigenvalue weighted by atomic mass is 9.93. The first-order valence-electron chi connectivity index (χ1n) is 10.4. The Hall–Kier alpha value is -3.10. The van der Waals surface area contributed by atoms with Crippen molar-refractivity contribution < 1.29 is 26.9 Å². The lowest BCUT2D eigenvalue weighted by molar-refractivity contribution is -0.137. The first-order chi connectivity index (χ1) is 16.2.